The summed E-state index contributed by atoms with van der Waals surface area (Å²) in [5.74, 6) is -0.649. The van der Waals surface area contributed by atoms with E-state index in [0.717, 1.165) is 9.87 Å². The highest BCUT2D eigenvalue weighted by Crippen LogP contribution is 2.30. The smallest absolute Gasteiger partial charge is 0.274 e. The standard InChI is InChI=1S/C23H22ClN3O5S/c1-15-7-10-19(11-8-15)33(31,32)26(21-12-9-18(24)13-16(21)2)14-23(28)25-20-5-4-6-22(17(20)3)27(29)30/h4-13H,14H2,1-3H3,(H,25,28). The fourth-order valence-corrected chi connectivity index (χ4v) is 5.02. The molecule has 0 heterocycles. The zero-order valence-corrected chi connectivity index (χ0v) is 19.8. The second kappa shape index (κ2) is 9.60. The van der Waals surface area contributed by atoms with Crippen LogP contribution in [-0.4, -0.2) is 25.8 Å². The molecule has 0 unspecified atom stereocenters. The SMILES string of the molecule is Cc1ccc(S(=O)(=O)N(CC(=O)Nc2cccc([N+](=O)[O-])c2C)c2ccc(Cl)cc2C)cc1. The Morgan fingerprint density at radius 1 is 1.06 bits per heavy atom. The van der Waals surface area contributed by atoms with Gasteiger partial charge < -0.3 is 5.32 Å². The van der Waals surface area contributed by atoms with Gasteiger partial charge in [0.2, 0.25) is 5.91 Å². The van der Waals surface area contributed by atoms with Crippen LogP contribution in [0.5, 0.6) is 0 Å². The first-order chi connectivity index (χ1) is 15.5. The van der Waals surface area contributed by atoms with E-state index in [1.165, 1.54) is 43.3 Å². The Labute approximate surface area is 197 Å². The summed E-state index contributed by atoms with van der Waals surface area (Å²) in [6, 6.07) is 15.3. The number of hydrogen-bond donors (Lipinski definition) is 1. The van der Waals surface area contributed by atoms with Crippen molar-refractivity contribution in [2.75, 3.05) is 16.2 Å². The third-order valence-corrected chi connectivity index (χ3v) is 7.11. The summed E-state index contributed by atoms with van der Waals surface area (Å²) >= 11 is 6.04. The summed E-state index contributed by atoms with van der Waals surface area (Å²) in [5.41, 5.74) is 2.11. The molecule has 0 aliphatic rings. The van der Waals surface area contributed by atoms with Gasteiger partial charge in [-0.15, -0.1) is 0 Å². The molecule has 0 aliphatic heterocycles. The normalized spacial score (nSPS) is 11.2. The van der Waals surface area contributed by atoms with Gasteiger partial charge in [0, 0.05) is 11.1 Å². The predicted molar refractivity (Wildman–Crippen MR) is 128 cm³/mol. The van der Waals surface area contributed by atoms with E-state index in [1.807, 2.05) is 6.92 Å². The molecule has 0 aliphatic carbocycles. The van der Waals surface area contributed by atoms with Crippen molar-refractivity contribution in [3.05, 3.63) is 92.5 Å². The third-order valence-electron chi connectivity index (χ3n) is 5.10. The zero-order valence-electron chi connectivity index (χ0n) is 18.2. The van der Waals surface area contributed by atoms with Crippen LogP contribution in [0.2, 0.25) is 5.02 Å². The van der Waals surface area contributed by atoms with Gasteiger partial charge >= 0.3 is 0 Å². The van der Waals surface area contributed by atoms with Crippen LogP contribution in [0.1, 0.15) is 16.7 Å². The van der Waals surface area contributed by atoms with E-state index in [0.29, 0.717) is 16.3 Å². The van der Waals surface area contributed by atoms with E-state index < -0.39 is 27.4 Å². The maximum atomic E-state index is 13.5. The summed E-state index contributed by atoms with van der Waals surface area (Å²) in [7, 11) is -4.10. The number of anilines is 2. The van der Waals surface area contributed by atoms with Crippen molar-refractivity contribution in [1.82, 2.24) is 0 Å². The molecular formula is C23H22ClN3O5S. The first-order valence-corrected chi connectivity index (χ1v) is 11.7. The van der Waals surface area contributed by atoms with E-state index in [2.05, 4.69) is 5.32 Å². The molecule has 172 valence electrons. The molecule has 0 radical (unpaired) electrons. The number of hydrogen-bond acceptors (Lipinski definition) is 5. The lowest BCUT2D eigenvalue weighted by Gasteiger charge is -2.26. The number of carbonyl (C=O) groups is 1. The maximum Gasteiger partial charge on any atom is 0.274 e. The fourth-order valence-electron chi connectivity index (χ4n) is 3.31. The molecule has 0 fully saturated rings. The minimum absolute atomic E-state index is 0.0294. The van der Waals surface area contributed by atoms with Gasteiger partial charge in [0.1, 0.15) is 6.54 Å². The Kier molecular flexibility index (Phi) is 7.04. The molecule has 3 aromatic carbocycles. The number of nitrogens with one attached hydrogen (secondary N) is 1. The molecule has 0 saturated carbocycles. The van der Waals surface area contributed by atoms with Crippen molar-refractivity contribution in [2.45, 2.75) is 25.7 Å². The highest BCUT2D eigenvalue weighted by molar-refractivity contribution is 7.92. The second-order valence-electron chi connectivity index (χ2n) is 7.51. The number of nitro benzene ring substituents is 1. The van der Waals surface area contributed by atoms with Crippen molar-refractivity contribution in [3.63, 3.8) is 0 Å². The second-order valence-corrected chi connectivity index (χ2v) is 9.81. The minimum Gasteiger partial charge on any atom is -0.324 e. The number of carbonyl (C=O) groups excluding carboxylic acids is 1. The van der Waals surface area contributed by atoms with Crippen LogP contribution >= 0.6 is 11.6 Å². The molecule has 10 heteroatoms. The summed E-state index contributed by atoms with van der Waals surface area (Å²) < 4.78 is 28.0. The van der Waals surface area contributed by atoms with Gasteiger partial charge in [0.15, 0.2) is 0 Å². The van der Waals surface area contributed by atoms with Gasteiger partial charge in [-0.1, -0.05) is 35.4 Å². The Morgan fingerprint density at radius 2 is 1.73 bits per heavy atom. The lowest BCUT2D eigenvalue weighted by molar-refractivity contribution is -0.385. The number of halogens is 1. The summed E-state index contributed by atoms with van der Waals surface area (Å²) in [6.45, 7) is 4.51. The molecule has 33 heavy (non-hydrogen) atoms. The van der Waals surface area contributed by atoms with Crippen LogP contribution in [0.4, 0.5) is 17.1 Å². The molecule has 0 atom stereocenters. The van der Waals surface area contributed by atoms with E-state index in [1.54, 1.807) is 31.2 Å². The molecule has 3 aromatic rings. The molecular weight excluding hydrogens is 466 g/mol. The van der Waals surface area contributed by atoms with Gasteiger partial charge in [0.25, 0.3) is 15.7 Å². The van der Waals surface area contributed by atoms with Crippen molar-refractivity contribution in [3.8, 4) is 0 Å². The number of nitro groups is 1. The summed E-state index contributed by atoms with van der Waals surface area (Å²) in [5, 5.41) is 14.2. The Morgan fingerprint density at radius 3 is 2.33 bits per heavy atom. The fraction of sp³-hybridized carbons (Fsp3) is 0.174. The number of aryl methyl sites for hydroxylation is 2. The van der Waals surface area contributed by atoms with Gasteiger partial charge in [-0.25, -0.2) is 8.42 Å². The van der Waals surface area contributed by atoms with Crippen molar-refractivity contribution >= 4 is 44.6 Å². The lowest BCUT2D eigenvalue weighted by atomic mass is 10.1. The van der Waals surface area contributed by atoms with Gasteiger partial charge in [-0.3, -0.25) is 19.2 Å². The molecule has 0 aromatic heterocycles. The van der Waals surface area contributed by atoms with Gasteiger partial charge in [-0.2, -0.15) is 0 Å². The quantitative estimate of drug-likeness (QED) is 0.372. The first kappa shape index (κ1) is 24.2. The number of amides is 1. The molecule has 8 nitrogen and oxygen atoms in total. The van der Waals surface area contributed by atoms with Crippen LogP contribution in [0.25, 0.3) is 0 Å². The number of rotatable bonds is 7. The highest BCUT2D eigenvalue weighted by Gasteiger charge is 2.29. The monoisotopic (exact) mass is 487 g/mol. The largest absolute Gasteiger partial charge is 0.324 e. The Balaban J connectivity index is 2.00. The topological polar surface area (TPSA) is 110 Å². The van der Waals surface area contributed by atoms with E-state index in [4.69, 9.17) is 11.6 Å². The zero-order chi connectivity index (χ0) is 24.3. The lowest BCUT2D eigenvalue weighted by Crippen LogP contribution is -2.38. The van der Waals surface area contributed by atoms with E-state index in [9.17, 15) is 23.3 Å². The van der Waals surface area contributed by atoms with Crippen LogP contribution in [0.3, 0.4) is 0 Å². The molecule has 0 bridgehead atoms. The van der Waals surface area contributed by atoms with Crippen LogP contribution in [0.15, 0.2) is 65.6 Å². The van der Waals surface area contributed by atoms with E-state index >= 15 is 0 Å². The Hall–Kier alpha value is -3.43. The number of nitrogens with zero attached hydrogens (tertiary/aromatic N) is 2. The van der Waals surface area contributed by atoms with Crippen LogP contribution < -0.4 is 9.62 Å². The van der Waals surface area contributed by atoms with Crippen molar-refractivity contribution in [1.29, 1.82) is 0 Å². The Bertz CT molecular complexity index is 1320. The number of sulfonamides is 1. The summed E-state index contributed by atoms with van der Waals surface area (Å²) in [4.78, 5) is 23.6. The third kappa shape index (κ3) is 5.32. The average molecular weight is 488 g/mol. The van der Waals surface area contributed by atoms with Crippen LogP contribution in [-0.2, 0) is 14.8 Å². The highest BCUT2D eigenvalue weighted by atomic mass is 35.5. The first-order valence-electron chi connectivity index (χ1n) is 9.90. The number of benzene rings is 3. The predicted octanol–water partition coefficient (Wildman–Crippen LogP) is 5.01. The molecule has 1 amide bonds. The van der Waals surface area contributed by atoms with Gasteiger partial charge in [-0.05, 0) is 62.7 Å². The average Bonchev–Trinajstić information content (AvgIpc) is 2.74. The minimum atomic E-state index is -4.10. The summed E-state index contributed by atoms with van der Waals surface area (Å²) in [6.07, 6.45) is 0. The van der Waals surface area contributed by atoms with Crippen molar-refractivity contribution in [2.24, 2.45) is 0 Å². The molecule has 3 rings (SSSR count). The van der Waals surface area contributed by atoms with E-state index in [-0.39, 0.29) is 21.8 Å². The molecule has 1 N–H and O–H groups in total. The maximum absolute atomic E-state index is 13.5. The van der Waals surface area contributed by atoms with Gasteiger partial charge in [0.05, 0.1) is 26.8 Å². The van der Waals surface area contributed by atoms with Crippen molar-refractivity contribution < 1.29 is 18.1 Å². The van der Waals surface area contributed by atoms with Crippen LogP contribution in [0, 0.1) is 30.9 Å². The molecule has 0 spiro atoms. The molecule has 0 saturated heterocycles.